The van der Waals surface area contributed by atoms with Gasteiger partial charge in [-0.2, -0.15) is 0 Å². The molecule has 8 heteroatoms. The van der Waals surface area contributed by atoms with Crippen LogP contribution in [0.15, 0.2) is 35.6 Å². The third kappa shape index (κ3) is 4.13. The molecule has 1 aromatic heterocycles. The fourth-order valence-corrected chi connectivity index (χ4v) is 3.47. The SMILES string of the molecule is CCOC(=O)c1cnc(SCC(=O)N2CCc3ccccc3C2)nc1N. The van der Waals surface area contributed by atoms with Crippen molar-refractivity contribution in [2.24, 2.45) is 0 Å². The van der Waals surface area contributed by atoms with Crippen LogP contribution in [-0.4, -0.2) is 45.6 Å². The first-order valence-electron chi connectivity index (χ1n) is 8.35. The number of ether oxygens (including phenoxy) is 1. The Kier molecular flexibility index (Phi) is 5.72. The highest BCUT2D eigenvalue weighted by Gasteiger charge is 2.21. The van der Waals surface area contributed by atoms with Crippen LogP contribution in [0.3, 0.4) is 0 Å². The molecule has 0 atom stereocenters. The van der Waals surface area contributed by atoms with E-state index in [4.69, 9.17) is 10.5 Å². The van der Waals surface area contributed by atoms with Gasteiger partial charge < -0.3 is 15.4 Å². The number of hydrogen-bond acceptors (Lipinski definition) is 7. The molecule has 1 amide bonds. The number of hydrogen-bond donors (Lipinski definition) is 1. The normalized spacial score (nSPS) is 13.2. The molecule has 0 aliphatic carbocycles. The van der Waals surface area contributed by atoms with Gasteiger partial charge in [0.1, 0.15) is 11.4 Å². The van der Waals surface area contributed by atoms with Crippen LogP contribution in [0, 0.1) is 0 Å². The molecule has 0 radical (unpaired) electrons. The predicted molar refractivity (Wildman–Crippen MR) is 98.7 cm³/mol. The number of aromatic nitrogens is 2. The van der Waals surface area contributed by atoms with Gasteiger partial charge in [-0.25, -0.2) is 14.8 Å². The largest absolute Gasteiger partial charge is 0.462 e. The van der Waals surface area contributed by atoms with E-state index in [9.17, 15) is 9.59 Å². The van der Waals surface area contributed by atoms with Gasteiger partial charge in [0.25, 0.3) is 0 Å². The van der Waals surface area contributed by atoms with Crippen molar-refractivity contribution in [1.29, 1.82) is 0 Å². The molecule has 136 valence electrons. The number of nitrogens with zero attached hydrogens (tertiary/aromatic N) is 3. The van der Waals surface area contributed by atoms with Crippen LogP contribution in [0.5, 0.6) is 0 Å². The molecule has 2 heterocycles. The number of benzene rings is 1. The maximum Gasteiger partial charge on any atom is 0.343 e. The summed E-state index contributed by atoms with van der Waals surface area (Å²) >= 11 is 1.21. The number of esters is 1. The summed E-state index contributed by atoms with van der Waals surface area (Å²) < 4.78 is 4.89. The first kappa shape index (κ1) is 18.2. The summed E-state index contributed by atoms with van der Waals surface area (Å²) in [6.07, 6.45) is 2.20. The van der Waals surface area contributed by atoms with E-state index in [0.29, 0.717) is 18.2 Å². The zero-order valence-corrected chi connectivity index (χ0v) is 15.3. The molecular weight excluding hydrogens is 352 g/mol. The molecule has 0 spiro atoms. The molecule has 0 bridgehead atoms. The predicted octanol–water partition coefficient (Wildman–Crippen LogP) is 1.91. The monoisotopic (exact) mass is 372 g/mol. The molecule has 0 saturated heterocycles. The Labute approximate surface area is 156 Å². The summed E-state index contributed by atoms with van der Waals surface area (Å²) in [4.78, 5) is 34.2. The highest BCUT2D eigenvalue weighted by atomic mass is 32.2. The van der Waals surface area contributed by atoms with Crippen LogP contribution < -0.4 is 5.73 Å². The van der Waals surface area contributed by atoms with Crippen molar-refractivity contribution >= 4 is 29.5 Å². The van der Waals surface area contributed by atoms with Crippen LogP contribution in [0.4, 0.5) is 5.82 Å². The highest BCUT2D eigenvalue weighted by Crippen LogP contribution is 2.21. The van der Waals surface area contributed by atoms with E-state index in [1.807, 2.05) is 17.0 Å². The number of carbonyl (C=O) groups is 2. The standard InChI is InChI=1S/C18H20N4O3S/c1-2-25-17(24)14-9-20-18(21-16(14)19)26-11-15(23)22-8-7-12-5-3-4-6-13(12)10-22/h3-6,9H,2,7-8,10-11H2,1H3,(H2,19,20,21). The maximum atomic E-state index is 12.5. The molecule has 7 nitrogen and oxygen atoms in total. The van der Waals surface area contributed by atoms with Gasteiger partial charge in [-0.3, -0.25) is 4.79 Å². The van der Waals surface area contributed by atoms with Crippen LogP contribution in [-0.2, 0) is 22.5 Å². The Bertz CT molecular complexity index is 828. The summed E-state index contributed by atoms with van der Waals surface area (Å²) in [5.74, 6) is -0.244. The van der Waals surface area contributed by atoms with Crippen molar-refractivity contribution in [3.8, 4) is 0 Å². The van der Waals surface area contributed by atoms with E-state index in [0.717, 1.165) is 6.42 Å². The lowest BCUT2D eigenvalue weighted by Crippen LogP contribution is -2.37. The van der Waals surface area contributed by atoms with Gasteiger partial charge in [0.2, 0.25) is 5.91 Å². The number of anilines is 1. The molecule has 2 aromatic rings. The maximum absolute atomic E-state index is 12.5. The van der Waals surface area contributed by atoms with E-state index in [-0.39, 0.29) is 29.6 Å². The quantitative estimate of drug-likeness (QED) is 0.486. The van der Waals surface area contributed by atoms with Crippen LogP contribution >= 0.6 is 11.8 Å². The number of nitrogens with two attached hydrogens (primary N) is 1. The van der Waals surface area contributed by atoms with Gasteiger partial charge in [0, 0.05) is 19.3 Å². The molecule has 0 unspecified atom stereocenters. The fourth-order valence-electron chi connectivity index (χ4n) is 2.74. The molecule has 1 aliphatic heterocycles. The molecule has 1 aliphatic rings. The second-order valence-corrected chi connectivity index (χ2v) is 6.74. The molecule has 0 fully saturated rings. The topological polar surface area (TPSA) is 98.4 Å². The second-order valence-electron chi connectivity index (χ2n) is 5.79. The Morgan fingerprint density at radius 3 is 2.81 bits per heavy atom. The lowest BCUT2D eigenvalue weighted by Gasteiger charge is -2.28. The third-order valence-electron chi connectivity index (χ3n) is 4.10. The molecule has 26 heavy (non-hydrogen) atoms. The summed E-state index contributed by atoms with van der Waals surface area (Å²) in [7, 11) is 0. The Morgan fingerprint density at radius 2 is 2.08 bits per heavy atom. The minimum Gasteiger partial charge on any atom is -0.462 e. The molecule has 3 rings (SSSR count). The number of thioether (sulfide) groups is 1. The molecule has 1 aromatic carbocycles. The second kappa shape index (κ2) is 8.18. The van der Waals surface area contributed by atoms with Gasteiger partial charge >= 0.3 is 5.97 Å². The number of fused-ring (bicyclic) bond motifs is 1. The summed E-state index contributed by atoms with van der Waals surface area (Å²) in [5, 5.41) is 0.362. The number of nitrogen functional groups attached to an aromatic ring is 1. The summed E-state index contributed by atoms with van der Waals surface area (Å²) in [6, 6.07) is 8.17. The average Bonchev–Trinajstić information content (AvgIpc) is 2.66. The van der Waals surface area contributed by atoms with E-state index >= 15 is 0 Å². The van der Waals surface area contributed by atoms with E-state index < -0.39 is 5.97 Å². The van der Waals surface area contributed by atoms with E-state index in [1.165, 1.54) is 29.1 Å². The molecule has 2 N–H and O–H groups in total. The number of amides is 1. The third-order valence-corrected chi connectivity index (χ3v) is 4.95. The van der Waals surface area contributed by atoms with Crippen molar-refractivity contribution in [2.75, 3.05) is 24.6 Å². The molecule has 0 saturated carbocycles. The van der Waals surface area contributed by atoms with E-state index in [1.54, 1.807) is 6.92 Å². The Balaban J connectivity index is 1.58. The van der Waals surface area contributed by atoms with Crippen molar-refractivity contribution in [3.63, 3.8) is 0 Å². The lowest BCUT2D eigenvalue weighted by atomic mass is 10.00. The van der Waals surface area contributed by atoms with Crippen molar-refractivity contribution in [2.45, 2.75) is 25.0 Å². The Morgan fingerprint density at radius 1 is 1.31 bits per heavy atom. The van der Waals surface area contributed by atoms with Gasteiger partial charge in [0.05, 0.1) is 12.4 Å². The zero-order chi connectivity index (χ0) is 18.5. The van der Waals surface area contributed by atoms with Crippen LogP contribution in [0.25, 0.3) is 0 Å². The van der Waals surface area contributed by atoms with Crippen LogP contribution in [0.2, 0.25) is 0 Å². The van der Waals surface area contributed by atoms with Gasteiger partial charge in [-0.05, 0) is 24.5 Å². The Hall–Kier alpha value is -2.61. The van der Waals surface area contributed by atoms with Crippen molar-refractivity contribution in [3.05, 3.63) is 47.2 Å². The van der Waals surface area contributed by atoms with Crippen LogP contribution in [0.1, 0.15) is 28.4 Å². The minimum atomic E-state index is -0.551. The lowest BCUT2D eigenvalue weighted by molar-refractivity contribution is -0.129. The number of carbonyl (C=O) groups excluding carboxylic acids is 2. The minimum absolute atomic E-state index is 0.0288. The fraction of sp³-hybridized carbons (Fsp3) is 0.333. The first-order chi connectivity index (χ1) is 12.6. The van der Waals surface area contributed by atoms with Crippen molar-refractivity contribution < 1.29 is 14.3 Å². The van der Waals surface area contributed by atoms with Crippen molar-refractivity contribution in [1.82, 2.24) is 14.9 Å². The summed E-state index contributed by atoms with van der Waals surface area (Å²) in [6.45, 7) is 3.30. The van der Waals surface area contributed by atoms with Gasteiger partial charge in [0.15, 0.2) is 5.16 Å². The average molecular weight is 372 g/mol. The first-order valence-corrected chi connectivity index (χ1v) is 9.34. The highest BCUT2D eigenvalue weighted by molar-refractivity contribution is 7.99. The smallest absolute Gasteiger partial charge is 0.343 e. The van der Waals surface area contributed by atoms with Gasteiger partial charge in [-0.1, -0.05) is 36.0 Å². The zero-order valence-electron chi connectivity index (χ0n) is 14.5. The van der Waals surface area contributed by atoms with Gasteiger partial charge in [-0.15, -0.1) is 0 Å². The van der Waals surface area contributed by atoms with E-state index in [2.05, 4.69) is 22.1 Å². The molecular formula is C18H20N4O3S. The number of rotatable bonds is 5. The summed E-state index contributed by atoms with van der Waals surface area (Å²) in [5.41, 5.74) is 8.42.